The van der Waals surface area contributed by atoms with Gasteiger partial charge in [0.2, 0.25) is 0 Å². The lowest BCUT2D eigenvalue weighted by molar-refractivity contribution is 0.0710. The summed E-state index contributed by atoms with van der Waals surface area (Å²) in [5.74, 6) is 1.65. The second-order valence-corrected chi connectivity index (χ2v) is 7.32. The number of pyridine rings is 1. The van der Waals surface area contributed by atoms with E-state index in [1.807, 2.05) is 60.6 Å². The highest BCUT2D eigenvalue weighted by Crippen LogP contribution is 2.30. The number of amides is 1. The van der Waals surface area contributed by atoms with Crippen LogP contribution in [0.2, 0.25) is 0 Å². The highest BCUT2D eigenvalue weighted by Gasteiger charge is 2.29. The zero-order chi connectivity index (χ0) is 19.5. The zero-order valence-electron chi connectivity index (χ0n) is 16.5. The van der Waals surface area contributed by atoms with Crippen molar-refractivity contribution < 1.29 is 4.79 Å². The lowest BCUT2D eigenvalue weighted by Gasteiger charge is -2.32. The van der Waals surface area contributed by atoms with Crippen molar-refractivity contribution >= 4 is 5.91 Å². The maximum absolute atomic E-state index is 13.4. The van der Waals surface area contributed by atoms with Crippen LogP contribution in [0.15, 0.2) is 55.0 Å². The summed E-state index contributed by atoms with van der Waals surface area (Å²) in [5, 5.41) is 0. The second kappa shape index (κ2) is 7.97. The molecule has 3 heterocycles. The van der Waals surface area contributed by atoms with Crippen molar-refractivity contribution in [2.45, 2.75) is 39.2 Å². The first-order valence-electron chi connectivity index (χ1n) is 10.0. The number of aryl methyl sites for hydroxylation is 2. The molecule has 4 rings (SSSR count). The Bertz CT molecular complexity index is 956. The topological polar surface area (TPSA) is 51.0 Å². The fourth-order valence-corrected chi connectivity index (χ4v) is 4.14. The van der Waals surface area contributed by atoms with Crippen molar-refractivity contribution in [2.24, 2.45) is 0 Å². The van der Waals surface area contributed by atoms with Gasteiger partial charge < -0.3 is 9.47 Å². The Labute approximate surface area is 166 Å². The average Bonchev–Trinajstić information content (AvgIpc) is 3.23. The summed E-state index contributed by atoms with van der Waals surface area (Å²) in [4.78, 5) is 24.3. The van der Waals surface area contributed by atoms with Crippen molar-refractivity contribution in [2.75, 3.05) is 13.1 Å². The van der Waals surface area contributed by atoms with E-state index in [1.54, 1.807) is 6.20 Å². The van der Waals surface area contributed by atoms with E-state index in [9.17, 15) is 4.79 Å². The predicted octanol–water partition coefficient (Wildman–Crippen LogP) is 4.29. The molecular formula is C23H26N4O. The number of imidazole rings is 1. The molecule has 28 heavy (non-hydrogen) atoms. The lowest BCUT2D eigenvalue weighted by atomic mass is 9.93. The van der Waals surface area contributed by atoms with Gasteiger partial charge in [0, 0.05) is 44.1 Å². The van der Waals surface area contributed by atoms with Crippen molar-refractivity contribution in [1.29, 1.82) is 0 Å². The van der Waals surface area contributed by atoms with Crippen molar-refractivity contribution in [3.05, 3.63) is 72.1 Å². The van der Waals surface area contributed by atoms with Gasteiger partial charge in [-0.3, -0.25) is 9.78 Å². The van der Waals surface area contributed by atoms with Crippen molar-refractivity contribution in [3.63, 3.8) is 0 Å². The van der Waals surface area contributed by atoms with E-state index >= 15 is 0 Å². The molecular weight excluding hydrogens is 348 g/mol. The Balaban J connectivity index is 1.55. The van der Waals surface area contributed by atoms with Gasteiger partial charge in [-0.15, -0.1) is 0 Å². The molecule has 144 valence electrons. The van der Waals surface area contributed by atoms with E-state index in [4.69, 9.17) is 0 Å². The normalized spacial score (nSPS) is 15.0. The van der Waals surface area contributed by atoms with Gasteiger partial charge >= 0.3 is 0 Å². The summed E-state index contributed by atoms with van der Waals surface area (Å²) >= 11 is 0. The van der Waals surface area contributed by atoms with E-state index in [-0.39, 0.29) is 5.91 Å². The Kier molecular flexibility index (Phi) is 5.24. The van der Waals surface area contributed by atoms with Crippen LogP contribution in [0.25, 0.3) is 11.1 Å². The first kappa shape index (κ1) is 18.4. The minimum absolute atomic E-state index is 0.0849. The van der Waals surface area contributed by atoms with Crippen LogP contribution in [-0.4, -0.2) is 38.4 Å². The number of benzene rings is 1. The Hall–Kier alpha value is -2.95. The molecule has 5 nitrogen and oxygen atoms in total. The van der Waals surface area contributed by atoms with Crippen LogP contribution in [0.3, 0.4) is 0 Å². The molecule has 0 saturated carbocycles. The molecule has 1 fully saturated rings. The van der Waals surface area contributed by atoms with Gasteiger partial charge in [-0.05, 0) is 43.9 Å². The van der Waals surface area contributed by atoms with Gasteiger partial charge in [0.15, 0.2) is 0 Å². The lowest BCUT2D eigenvalue weighted by Crippen LogP contribution is -2.39. The van der Waals surface area contributed by atoms with E-state index in [1.165, 1.54) is 0 Å². The maximum atomic E-state index is 13.4. The SMILES string of the molecule is CCn1ccnc1C1CCN(C(=O)c2c(-c3ccccc3)ccnc2C)CC1. The number of carbonyl (C=O) groups excluding carboxylic acids is 1. The molecule has 1 aliphatic rings. The van der Waals surface area contributed by atoms with Crippen LogP contribution in [0.5, 0.6) is 0 Å². The van der Waals surface area contributed by atoms with E-state index < -0.39 is 0 Å². The molecule has 0 radical (unpaired) electrons. The number of likely N-dealkylation sites (tertiary alicyclic amines) is 1. The minimum atomic E-state index is 0.0849. The van der Waals surface area contributed by atoms with Crippen LogP contribution >= 0.6 is 0 Å². The molecule has 0 aliphatic carbocycles. The van der Waals surface area contributed by atoms with Crippen LogP contribution in [-0.2, 0) is 6.54 Å². The van der Waals surface area contributed by atoms with Crippen molar-refractivity contribution in [3.8, 4) is 11.1 Å². The van der Waals surface area contributed by atoms with Crippen LogP contribution in [0.4, 0.5) is 0 Å². The fourth-order valence-electron chi connectivity index (χ4n) is 4.14. The molecule has 1 aromatic carbocycles. The van der Waals surface area contributed by atoms with E-state index in [0.29, 0.717) is 5.92 Å². The molecule has 0 atom stereocenters. The summed E-state index contributed by atoms with van der Waals surface area (Å²) in [7, 11) is 0. The number of rotatable bonds is 4. The minimum Gasteiger partial charge on any atom is -0.339 e. The molecule has 1 aliphatic heterocycles. The number of hydrogen-bond acceptors (Lipinski definition) is 3. The summed E-state index contributed by atoms with van der Waals surface area (Å²) in [5.41, 5.74) is 3.52. The zero-order valence-corrected chi connectivity index (χ0v) is 16.5. The first-order valence-corrected chi connectivity index (χ1v) is 10.0. The van der Waals surface area contributed by atoms with Gasteiger partial charge in [-0.1, -0.05) is 30.3 Å². The van der Waals surface area contributed by atoms with Gasteiger partial charge in [0.1, 0.15) is 5.82 Å². The van der Waals surface area contributed by atoms with Crippen molar-refractivity contribution in [1.82, 2.24) is 19.4 Å². The van der Waals surface area contributed by atoms with Crippen LogP contribution < -0.4 is 0 Å². The first-order chi connectivity index (χ1) is 13.7. The fraction of sp³-hybridized carbons (Fsp3) is 0.348. The van der Waals surface area contributed by atoms with Gasteiger partial charge in [0.25, 0.3) is 5.91 Å². The summed E-state index contributed by atoms with van der Waals surface area (Å²) < 4.78 is 2.21. The molecule has 2 aromatic heterocycles. The number of nitrogens with zero attached hydrogens (tertiary/aromatic N) is 4. The quantitative estimate of drug-likeness (QED) is 0.684. The van der Waals surface area contributed by atoms with E-state index in [2.05, 4.69) is 21.5 Å². The molecule has 5 heteroatoms. The summed E-state index contributed by atoms with van der Waals surface area (Å²) in [6.45, 7) is 6.50. The maximum Gasteiger partial charge on any atom is 0.256 e. The molecule has 0 N–H and O–H groups in total. The Morgan fingerprint density at radius 2 is 1.82 bits per heavy atom. The molecule has 0 unspecified atom stereocenters. The number of hydrogen-bond donors (Lipinski definition) is 0. The third-order valence-corrected chi connectivity index (χ3v) is 5.67. The van der Waals surface area contributed by atoms with Gasteiger partial charge in [-0.2, -0.15) is 0 Å². The third kappa shape index (κ3) is 3.44. The van der Waals surface area contributed by atoms with E-state index in [0.717, 1.165) is 60.7 Å². The van der Waals surface area contributed by atoms with Gasteiger partial charge in [0.05, 0.1) is 11.3 Å². The number of aromatic nitrogens is 3. The Morgan fingerprint density at radius 3 is 2.54 bits per heavy atom. The van der Waals surface area contributed by atoms with Crippen LogP contribution in [0.1, 0.15) is 47.6 Å². The molecule has 0 bridgehead atoms. The molecule has 3 aromatic rings. The summed E-state index contributed by atoms with van der Waals surface area (Å²) in [6, 6.07) is 12.0. The third-order valence-electron chi connectivity index (χ3n) is 5.67. The predicted molar refractivity (Wildman–Crippen MR) is 110 cm³/mol. The number of piperidine rings is 1. The molecule has 1 saturated heterocycles. The molecule has 0 spiro atoms. The highest BCUT2D eigenvalue weighted by atomic mass is 16.2. The monoisotopic (exact) mass is 374 g/mol. The Morgan fingerprint density at radius 1 is 1.07 bits per heavy atom. The molecule has 1 amide bonds. The van der Waals surface area contributed by atoms with Gasteiger partial charge in [-0.25, -0.2) is 4.98 Å². The highest BCUT2D eigenvalue weighted by molar-refractivity contribution is 6.01. The average molecular weight is 374 g/mol. The largest absolute Gasteiger partial charge is 0.339 e. The van der Waals surface area contributed by atoms with Crippen LogP contribution in [0, 0.1) is 6.92 Å². The smallest absolute Gasteiger partial charge is 0.256 e. The second-order valence-electron chi connectivity index (χ2n) is 7.32. The number of carbonyl (C=O) groups is 1. The standard InChI is InChI=1S/C23H26N4O/c1-3-26-16-13-25-22(26)19-10-14-27(15-11-19)23(28)21-17(2)24-12-9-20(21)18-7-5-4-6-8-18/h4-9,12-13,16,19H,3,10-11,14-15H2,1-2H3. The summed E-state index contributed by atoms with van der Waals surface area (Å²) in [6.07, 6.45) is 7.59.